The Bertz CT molecular complexity index is 529. The minimum absolute atomic E-state index is 0.0297. The second-order valence-corrected chi connectivity index (χ2v) is 6.84. The molecule has 2 aliphatic heterocycles. The highest BCUT2D eigenvalue weighted by molar-refractivity contribution is 7.99. The molecule has 1 aromatic rings. The van der Waals surface area contributed by atoms with E-state index < -0.39 is 5.54 Å². The molecular weight excluding hydrogens is 275 g/mol. The average molecular weight is 294 g/mol. The van der Waals surface area contributed by atoms with Gasteiger partial charge in [0.2, 0.25) is 5.91 Å². The number of rotatable bonds is 2. The van der Waals surface area contributed by atoms with Crippen LogP contribution in [-0.4, -0.2) is 23.7 Å². The summed E-state index contributed by atoms with van der Waals surface area (Å²) in [5, 5.41) is 6.37. The van der Waals surface area contributed by atoms with Gasteiger partial charge in [-0.05, 0) is 56.5 Å². The highest BCUT2D eigenvalue weighted by Gasteiger charge is 2.37. The van der Waals surface area contributed by atoms with Crippen molar-refractivity contribution in [2.24, 2.45) is 0 Å². The van der Waals surface area contributed by atoms with Gasteiger partial charge < -0.3 is 10.6 Å². The van der Waals surface area contributed by atoms with Gasteiger partial charge >= 0.3 is 0 Å². The smallest absolute Gasteiger partial charge is 0.240 e. The fraction of sp³-hybridized carbons (Fsp3) is 0.533. The number of carbonyl (C=O) groups excluding carboxylic acids is 1. The minimum atomic E-state index is -0.474. The third-order valence-electron chi connectivity index (χ3n) is 4.19. The molecule has 108 valence electrons. The third-order valence-corrected chi connectivity index (χ3v) is 5.31. The van der Waals surface area contributed by atoms with Crippen molar-refractivity contribution in [2.75, 3.05) is 12.3 Å². The summed E-state index contributed by atoms with van der Waals surface area (Å²) in [5.74, 6) is 0.742. The maximum absolute atomic E-state index is 13.4. The van der Waals surface area contributed by atoms with Gasteiger partial charge in [-0.3, -0.25) is 4.79 Å². The lowest BCUT2D eigenvalue weighted by molar-refractivity contribution is -0.127. The Hall–Kier alpha value is -1.07. The van der Waals surface area contributed by atoms with Gasteiger partial charge in [0.25, 0.3) is 0 Å². The quantitative estimate of drug-likeness (QED) is 0.881. The predicted molar refractivity (Wildman–Crippen MR) is 78.3 cm³/mol. The molecule has 1 saturated heterocycles. The van der Waals surface area contributed by atoms with Crippen LogP contribution in [0.4, 0.5) is 4.39 Å². The molecule has 1 fully saturated rings. The van der Waals surface area contributed by atoms with Crippen LogP contribution in [0.2, 0.25) is 0 Å². The molecule has 0 spiro atoms. The molecule has 20 heavy (non-hydrogen) atoms. The van der Waals surface area contributed by atoms with Gasteiger partial charge in [0, 0.05) is 10.6 Å². The Morgan fingerprint density at radius 2 is 2.40 bits per heavy atom. The van der Waals surface area contributed by atoms with Crippen LogP contribution in [-0.2, 0) is 4.79 Å². The van der Waals surface area contributed by atoms with Crippen LogP contribution >= 0.6 is 11.8 Å². The molecule has 2 N–H and O–H groups in total. The molecule has 2 aliphatic rings. The summed E-state index contributed by atoms with van der Waals surface area (Å²) in [6, 6.07) is 4.77. The van der Waals surface area contributed by atoms with E-state index in [0.717, 1.165) is 42.0 Å². The monoisotopic (exact) mass is 294 g/mol. The minimum Gasteiger partial charge on any atom is -0.348 e. The Morgan fingerprint density at radius 3 is 3.15 bits per heavy atom. The van der Waals surface area contributed by atoms with E-state index in [2.05, 4.69) is 10.6 Å². The first-order valence-electron chi connectivity index (χ1n) is 7.07. The van der Waals surface area contributed by atoms with Crippen molar-refractivity contribution in [2.45, 2.75) is 42.7 Å². The van der Waals surface area contributed by atoms with Crippen molar-refractivity contribution in [1.82, 2.24) is 10.6 Å². The van der Waals surface area contributed by atoms with Gasteiger partial charge in [-0.2, -0.15) is 0 Å². The number of fused-ring (bicyclic) bond motifs is 1. The summed E-state index contributed by atoms with van der Waals surface area (Å²) in [6.07, 6.45) is 2.73. The van der Waals surface area contributed by atoms with Crippen molar-refractivity contribution >= 4 is 17.7 Å². The lowest BCUT2D eigenvalue weighted by Crippen LogP contribution is -2.52. The van der Waals surface area contributed by atoms with Gasteiger partial charge in [0.05, 0.1) is 11.6 Å². The van der Waals surface area contributed by atoms with Crippen LogP contribution in [0.3, 0.4) is 0 Å². The first-order chi connectivity index (χ1) is 9.58. The van der Waals surface area contributed by atoms with Crippen molar-refractivity contribution in [3.8, 4) is 0 Å². The zero-order valence-corrected chi connectivity index (χ0v) is 12.4. The fourth-order valence-electron chi connectivity index (χ4n) is 2.92. The van der Waals surface area contributed by atoms with Gasteiger partial charge in [-0.25, -0.2) is 4.39 Å². The number of benzene rings is 1. The molecule has 3 rings (SSSR count). The Kier molecular flexibility index (Phi) is 3.73. The van der Waals surface area contributed by atoms with Crippen LogP contribution < -0.4 is 10.6 Å². The fourth-order valence-corrected chi connectivity index (χ4v) is 4.03. The van der Waals surface area contributed by atoms with Crippen LogP contribution in [0, 0.1) is 5.82 Å². The third kappa shape index (κ3) is 2.56. The lowest BCUT2D eigenvalue weighted by Gasteiger charge is -2.30. The van der Waals surface area contributed by atoms with E-state index >= 15 is 0 Å². The summed E-state index contributed by atoms with van der Waals surface area (Å²) in [4.78, 5) is 13.5. The molecule has 0 aliphatic carbocycles. The molecule has 0 saturated carbocycles. The highest BCUT2D eigenvalue weighted by atomic mass is 32.2. The number of nitrogens with one attached hydrogen (secondary N) is 2. The summed E-state index contributed by atoms with van der Waals surface area (Å²) < 4.78 is 13.4. The molecule has 5 heteroatoms. The molecule has 0 radical (unpaired) electrons. The number of hydrogen-bond acceptors (Lipinski definition) is 3. The average Bonchev–Trinajstić information content (AvgIpc) is 2.88. The summed E-state index contributed by atoms with van der Waals surface area (Å²) in [6.45, 7) is 2.83. The van der Waals surface area contributed by atoms with Gasteiger partial charge in [-0.15, -0.1) is 11.8 Å². The summed E-state index contributed by atoms with van der Waals surface area (Å²) in [5.41, 5.74) is 0.439. The zero-order chi connectivity index (χ0) is 14.2. The van der Waals surface area contributed by atoms with Crippen molar-refractivity contribution < 1.29 is 9.18 Å². The molecule has 2 heterocycles. The SMILES string of the molecule is CC1(C(=O)NC2CCSc3ccc(F)cc32)CCCN1. The molecule has 2 unspecified atom stereocenters. The molecule has 0 aromatic heterocycles. The first kappa shape index (κ1) is 13.9. The van der Waals surface area contributed by atoms with E-state index in [0.29, 0.717) is 0 Å². The zero-order valence-electron chi connectivity index (χ0n) is 11.5. The first-order valence-corrected chi connectivity index (χ1v) is 8.05. The standard InChI is InChI=1S/C15H19FN2OS/c1-15(6-2-7-17-15)14(19)18-12-5-8-20-13-4-3-10(16)9-11(12)13/h3-4,9,12,17H,2,5-8H2,1H3,(H,18,19). The van der Waals surface area contributed by atoms with E-state index in [4.69, 9.17) is 0 Å². The largest absolute Gasteiger partial charge is 0.348 e. The van der Waals surface area contributed by atoms with Gasteiger partial charge in [-0.1, -0.05) is 0 Å². The number of halogens is 1. The predicted octanol–water partition coefficient (Wildman–Crippen LogP) is 2.62. The lowest BCUT2D eigenvalue weighted by atomic mass is 9.97. The number of hydrogen-bond donors (Lipinski definition) is 2. The summed E-state index contributed by atoms with van der Waals surface area (Å²) >= 11 is 1.73. The number of thioether (sulfide) groups is 1. The van der Waals surface area contributed by atoms with E-state index in [1.807, 2.05) is 13.0 Å². The van der Waals surface area contributed by atoms with Gasteiger partial charge in [0.15, 0.2) is 0 Å². The second-order valence-electron chi connectivity index (χ2n) is 5.71. The van der Waals surface area contributed by atoms with E-state index in [1.54, 1.807) is 17.8 Å². The van der Waals surface area contributed by atoms with Crippen LogP contribution in [0.5, 0.6) is 0 Å². The summed E-state index contributed by atoms with van der Waals surface area (Å²) in [7, 11) is 0. The molecule has 0 bridgehead atoms. The highest BCUT2D eigenvalue weighted by Crippen LogP contribution is 2.36. The van der Waals surface area contributed by atoms with Crippen molar-refractivity contribution in [3.05, 3.63) is 29.6 Å². The molecule has 1 amide bonds. The van der Waals surface area contributed by atoms with Gasteiger partial charge in [0.1, 0.15) is 5.82 Å². The normalized spacial score (nSPS) is 29.0. The Morgan fingerprint density at radius 1 is 1.55 bits per heavy atom. The second kappa shape index (κ2) is 5.37. The van der Waals surface area contributed by atoms with Crippen molar-refractivity contribution in [3.63, 3.8) is 0 Å². The van der Waals surface area contributed by atoms with E-state index in [-0.39, 0.29) is 17.8 Å². The topological polar surface area (TPSA) is 41.1 Å². The molecule has 1 aromatic carbocycles. The number of carbonyl (C=O) groups is 1. The number of amides is 1. The molecule has 2 atom stereocenters. The van der Waals surface area contributed by atoms with Crippen molar-refractivity contribution in [1.29, 1.82) is 0 Å². The van der Waals surface area contributed by atoms with E-state index in [9.17, 15) is 9.18 Å². The van der Waals surface area contributed by atoms with Crippen LogP contribution in [0.15, 0.2) is 23.1 Å². The molecule has 3 nitrogen and oxygen atoms in total. The molecular formula is C15H19FN2OS. The van der Waals surface area contributed by atoms with Crippen LogP contribution in [0.1, 0.15) is 37.8 Å². The van der Waals surface area contributed by atoms with E-state index in [1.165, 1.54) is 6.07 Å². The maximum Gasteiger partial charge on any atom is 0.240 e. The maximum atomic E-state index is 13.4. The van der Waals surface area contributed by atoms with Crippen LogP contribution in [0.25, 0.3) is 0 Å². The Balaban J connectivity index is 1.79. The Labute approximate surface area is 122 Å².